The van der Waals surface area contributed by atoms with Gasteiger partial charge in [-0.3, -0.25) is 4.79 Å². The molecule has 3 nitrogen and oxygen atoms in total. The van der Waals surface area contributed by atoms with Gasteiger partial charge in [0.15, 0.2) is 0 Å². The van der Waals surface area contributed by atoms with Crippen LogP contribution >= 0.6 is 39.9 Å². The lowest BCUT2D eigenvalue weighted by Crippen LogP contribution is -2.20. The van der Waals surface area contributed by atoms with Crippen LogP contribution in [0.3, 0.4) is 0 Å². The number of rotatable bonds is 2. The number of carbonyl (C=O) groups is 1. The SMILES string of the molecule is Cl.N[C@H](C(=O)O)c1cc(Br)ccc1Cl. The first-order valence-electron chi connectivity index (χ1n) is 3.45. The zero-order chi connectivity index (χ0) is 10.0. The van der Waals surface area contributed by atoms with Crippen LogP contribution < -0.4 is 5.73 Å². The quantitative estimate of drug-likeness (QED) is 0.882. The normalized spacial score (nSPS) is 11.6. The van der Waals surface area contributed by atoms with E-state index < -0.39 is 12.0 Å². The molecule has 1 rings (SSSR count). The van der Waals surface area contributed by atoms with Crippen LogP contribution in [0.2, 0.25) is 5.02 Å². The molecule has 6 heteroatoms. The second kappa shape index (κ2) is 5.56. The highest BCUT2D eigenvalue weighted by atomic mass is 79.9. The number of hydrogen-bond donors (Lipinski definition) is 2. The van der Waals surface area contributed by atoms with E-state index in [1.54, 1.807) is 18.2 Å². The third-order valence-corrected chi connectivity index (χ3v) is 2.40. The Morgan fingerprint density at radius 2 is 2.14 bits per heavy atom. The van der Waals surface area contributed by atoms with Crippen LogP contribution in [0.1, 0.15) is 11.6 Å². The minimum atomic E-state index is -1.10. The van der Waals surface area contributed by atoms with Crippen LogP contribution in [0.25, 0.3) is 0 Å². The minimum Gasteiger partial charge on any atom is -0.480 e. The minimum absolute atomic E-state index is 0. The molecular formula is C8H8BrCl2NO2. The van der Waals surface area contributed by atoms with Gasteiger partial charge in [-0.15, -0.1) is 12.4 Å². The number of carboxylic acids is 1. The summed E-state index contributed by atoms with van der Waals surface area (Å²) in [5.41, 5.74) is 5.81. The molecule has 0 bridgehead atoms. The Labute approximate surface area is 101 Å². The van der Waals surface area contributed by atoms with Gasteiger partial charge in [0.2, 0.25) is 0 Å². The average Bonchev–Trinajstić information content (AvgIpc) is 2.08. The van der Waals surface area contributed by atoms with Crippen molar-refractivity contribution in [2.24, 2.45) is 5.73 Å². The molecule has 1 aromatic rings. The Bertz CT molecular complexity index is 346. The Hall–Kier alpha value is -0.290. The maximum absolute atomic E-state index is 10.6. The number of carboxylic acid groups (broad SMARTS) is 1. The first-order valence-corrected chi connectivity index (χ1v) is 4.63. The summed E-state index contributed by atoms with van der Waals surface area (Å²) >= 11 is 8.98. The molecule has 0 heterocycles. The molecule has 14 heavy (non-hydrogen) atoms. The number of benzene rings is 1. The first-order chi connectivity index (χ1) is 6.02. The number of nitrogens with two attached hydrogens (primary N) is 1. The lowest BCUT2D eigenvalue weighted by Gasteiger charge is -2.08. The highest BCUT2D eigenvalue weighted by Crippen LogP contribution is 2.25. The van der Waals surface area contributed by atoms with Crippen LogP contribution in [-0.2, 0) is 4.79 Å². The predicted molar refractivity (Wildman–Crippen MR) is 61.0 cm³/mol. The summed E-state index contributed by atoms with van der Waals surface area (Å²) in [6.07, 6.45) is 0. The maximum Gasteiger partial charge on any atom is 0.325 e. The van der Waals surface area contributed by atoms with E-state index in [-0.39, 0.29) is 12.4 Å². The van der Waals surface area contributed by atoms with Crippen molar-refractivity contribution in [1.29, 1.82) is 0 Å². The second-order valence-electron chi connectivity index (χ2n) is 2.48. The van der Waals surface area contributed by atoms with Crippen LogP contribution in [0.15, 0.2) is 22.7 Å². The van der Waals surface area contributed by atoms with Crippen LogP contribution in [-0.4, -0.2) is 11.1 Å². The van der Waals surface area contributed by atoms with E-state index >= 15 is 0 Å². The van der Waals surface area contributed by atoms with Gasteiger partial charge in [-0.05, 0) is 23.8 Å². The fourth-order valence-electron chi connectivity index (χ4n) is 0.886. The molecule has 0 aliphatic carbocycles. The molecule has 0 aliphatic heterocycles. The van der Waals surface area contributed by atoms with Crippen molar-refractivity contribution < 1.29 is 9.90 Å². The summed E-state index contributed by atoms with van der Waals surface area (Å²) in [5, 5.41) is 9.01. The van der Waals surface area contributed by atoms with E-state index in [0.29, 0.717) is 10.6 Å². The molecule has 0 saturated heterocycles. The third-order valence-electron chi connectivity index (χ3n) is 1.56. The number of hydrogen-bond acceptors (Lipinski definition) is 2. The van der Waals surface area contributed by atoms with Crippen LogP contribution in [0.5, 0.6) is 0 Å². The molecule has 3 N–H and O–H groups in total. The zero-order valence-corrected chi connectivity index (χ0v) is 10.1. The zero-order valence-electron chi connectivity index (χ0n) is 6.91. The van der Waals surface area contributed by atoms with Crippen molar-refractivity contribution >= 4 is 45.9 Å². The van der Waals surface area contributed by atoms with Gasteiger partial charge >= 0.3 is 5.97 Å². The number of aliphatic carboxylic acids is 1. The standard InChI is InChI=1S/C8H7BrClNO2.ClH/c9-4-1-2-6(10)5(3-4)7(11)8(12)13;/h1-3,7H,11H2,(H,12,13);1H/t7-;/m0./s1. The van der Waals surface area contributed by atoms with Crippen molar-refractivity contribution in [1.82, 2.24) is 0 Å². The van der Waals surface area contributed by atoms with Crippen molar-refractivity contribution in [2.45, 2.75) is 6.04 Å². The maximum atomic E-state index is 10.6. The molecule has 0 fully saturated rings. The predicted octanol–water partition coefficient (Wildman–Crippen LogP) is 2.61. The topological polar surface area (TPSA) is 63.3 Å². The van der Waals surface area contributed by atoms with E-state index in [1.807, 2.05) is 0 Å². The van der Waals surface area contributed by atoms with Gasteiger partial charge in [0, 0.05) is 9.50 Å². The average molecular weight is 301 g/mol. The van der Waals surface area contributed by atoms with Crippen molar-refractivity contribution in [3.8, 4) is 0 Å². The van der Waals surface area contributed by atoms with E-state index in [4.69, 9.17) is 22.4 Å². The van der Waals surface area contributed by atoms with E-state index in [2.05, 4.69) is 15.9 Å². The van der Waals surface area contributed by atoms with Gasteiger partial charge in [0.05, 0.1) is 0 Å². The molecule has 0 unspecified atom stereocenters. The first kappa shape index (κ1) is 13.7. The Morgan fingerprint density at radius 1 is 1.57 bits per heavy atom. The van der Waals surface area contributed by atoms with Gasteiger partial charge in [-0.2, -0.15) is 0 Å². The van der Waals surface area contributed by atoms with Gasteiger partial charge < -0.3 is 10.8 Å². The molecule has 78 valence electrons. The Kier molecular flexibility index (Phi) is 5.44. The fourth-order valence-corrected chi connectivity index (χ4v) is 1.50. The van der Waals surface area contributed by atoms with Gasteiger partial charge in [0.25, 0.3) is 0 Å². The van der Waals surface area contributed by atoms with Gasteiger partial charge in [0.1, 0.15) is 6.04 Å². The van der Waals surface area contributed by atoms with Gasteiger partial charge in [-0.1, -0.05) is 27.5 Å². The van der Waals surface area contributed by atoms with E-state index in [1.165, 1.54) is 0 Å². The fraction of sp³-hybridized carbons (Fsp3) is 0.125. The molecule has 0 amide bonds. The molecular weight excluding hydrogens is 293 g/mol. The van der Waals surface area contributed by atoms with Crippen molar-refractivity contribution in [3.05, 3.63) is 33.3 Å². The van der Waals surface area contributed by atoms with E-state index in [9.17, 15) is 4.79 Å². The number of halogens is 3. The van der Waals surface area contributed by atoms with Gasteiger partial charge in [-0.25, -0.2) is 0 Å². The Morgan fingerprint density at radius 3 is 2.64 bits per heavy atom. The van der Waals surface area contributed by atoms with Crippen molar-refractivity contribution in [3.63, 3.8) is 0 Å². The molecule has 1 aromatic carbocycles. The molecule has 0 aromatic heterocycles. The Balaban J connectivity index is 0.00000169. The van der Waals surface area contributed by atoms with Crippen LogP contribution in [0, 0.1) is 0 Å². The monoisotopic (exact) mass is 299 g/mol. The molecule has 0 aliphatic rings. The molecule has 0 radical (unpaired) electrons. The summed E-state index contributed by atoms with van der Waals surface area (Å²) in [5.74, 6) is -1.10. The smallest absolute Gasteiger partial charge is 0.325 e. The lowest BCUT2D eigenvalue weighted by molar-refractivity contribution is -0.138. The van der Waals surface area contributed by atoms with E-state index in [0.717, 1.165) is 4.47 Å². The highest BCUT2D eigenvalue weighted by Gasteiger charge is 2.17. The third kappa shape index (κ3) is 3.13. The molecule has 1 atom stereocenters. The summed E-state index contributed by atoms with van der Waals surface area (Å²) in [4.78, 5) is 10.6. The van der Waals surface area contributed by atoms with Crippen LogP contribution in [0.4, 0.5) is 0 Å². The molecule has 0 saturated carbocycles. The van der Waals surface area contributed by atoms with Crippen molar-refractivity contribution in [2.75, 3.05) is 0 Å². The largest absolute Gasteiger partial charge is 0.480 e. The summed E-state index contributed by atoms with van der Waals surface area (Å²) in [6.45, 7) is 0. The summed E-state index contributed by atoms with van der Waals surface area (Å²) in [7, 11) is 0. The lowest BCUT2D eigenvalue weighted by atomic mass is 10.1. The summed E-state index contributed by atoms with van der Waals surface area (Å²) < 4.78 is 0.753. The molecule has 0 spiro atoms. The second-order valence-corrected chi connectivity index (χ2v) is 3.80. The summed E-state index contributed by atoms with van der Waals surface area (Å²) in [6, 6.07) is 3.84. The highest BCUT2D eigenvalue weighted by molar-refractivity contribution is 9.10.